The van der Waals surface area contributed by atoms with E-state index < -0.39 is 5.97 Å². The van der Waals surface area contributed by atoms with Crippen molar-refractivity contribution in [3.05, 3.63) is 29.8 Å². The molecule has 0 atom stereocenters. The molecule has 0 fully saturated rings. The van der Waals surface area contributed by atoms with Crippen LogP contribution in [0.3, 0.4) is 0 Å². The standard InChI is InChI=1S/C15H22N2O3/c1-17(2)13-8-5-12(6-9-13)7-10-14(18)16-11-3-4-15(19)20/h5-6,8-9H,3-4,7,10-11H2,1-2H3,(H,16,18)(H,19,20). The first-order valence-corrected chi connectivity index (χ1v) is 6.74. The first kappa shape index (κ1) is 16.0. The number of benzene rings is 1. The summed E-state index contributed by atoms with van der Waals surface area (Å²) in [7, 11) is 3.97. The highest BCUT2D eigenvalue weighted by molar-refractivity contribution is 5.76. The van der Waals surface area contributed by atoms with Crippen molar-refractivity contribution in [2.24, 2.45) is 0 Å². The second-order valence-electron chi connectivity index (χ2n) is 4.91. The van der Waals surface area contributed by atoms with Crippen LogP contribution in [0.25, 0.3) is 0 Å². The molecule has 0 heterocycles. The van der Waals surface area contributed by atoms with Crippen LogP contribution < -0.4 is 10.2 Å². The summed E-state index contributed by atoms with van der Waals surface area (Å²) in [6, 6.07) is 8.10. The fourth-order valence-electron chi connectivity index (χ4n) is 1.77. The Bertz CT molecular complexity index is 441. The largest absolute Gasteiger partial charge is 0.481 e. The third-order valence-electron chi connectivity index (χ3n) is 2.98. The first-order valence-electron chi connectivity index (χ1n) is 6.74. The summed E-state index contributed by atoms with van der Waals surface area (Å²) in [5.74, 6) is -0.868. The number of aryl methyl sites for hydroxylation is 1. The van der Waals surface area contributed by atoms with Gasteiger partial charge in [-0.05, 0) is 30.5 Å². The van der Waals surface area contributed by atoms with Gasteiger partial charge in [-0.25, -0.2) is 0 Å². The number of carbonyl (C=O) groups is 2. The molecule has 0 bridgehead atoms. The van der Waals surface area contributed by atoms with Gasteiger partial charge in [0.05, 0.1) is 0 Å². The molecule has 0 aliphatic carbocycles. The normalized spacial score (nSPS) is 10.1. The number of anilines is 1. The third-order valence-corrected chi connectivity index (χ3v) is 2.98. The minimum Gasteiger partial charge on any atom is -0.481 e. The highest BCUT2D eigenvalue weighted by Gasteiger charge is 2.03. The number of amides is 1. The van der Waals surface area contributed by atoms with Crippen LogP contribution in [0.15, 0.2) is 24.3 Å². The Balaban J connectivity index is 2.25. The average molecular weight is 278 g/mol. The zero-order valence-corrected chi connectivity index (χ0v) is 12.1. The van der Waals surface area contributed by atoms with Crippen molar-refractivity contribution in [1.29, 1.82) is 0 Å². The predicted molar refractivity (Wildman–Crippen MR) is 79.0 cm³/mol. The summed E-state index contributed by atoms with van der Waals surface area (Å²) in [6.45, 7) is 0.421. The molecule has 1 rings (SSSR count). The lowest BCUT2D eigenvalue weighted by Crippen LogP contribution is -2.25. The van der Waals surface area contributed by atoms with E-state index >= 15 is 0 Å². The Hall–Kier alpha value is -2.04. The summed E-state index contributed by atoms with van der Waals surface area (Å²) in [5, 5.41) is 11.2. The van der Waals surface area contributed by atoms with Crippen LogP contribution >= 0.6 is 0 Å². The van der Waals surface area contributed by atoms with E-state index in [-0.39, 0.29) is 12.3 Å². The van der Waals surface area contributed by atoms with Gasteiger partial charge in [0.15, 0.2) is 0 Å². The molecule has 0 saturated carbocycles. The van der Waals surface area contributed by atoms with Gasteiger partial charge in [-0.1, -0.05) is 12.1 Å². The van der Waals surface area contributed by atoms with Gasteiger partial charge < -0.3 is 15.3 Å². The quantitative estimate of drug-likeness (QED) is 0.710. The summed E-state index contributed by atoms with van der Waals surface area (Å²) in [5.41, 5.74) is 2.25. The zero-order valence-electron chi connectivity index (χ0n) is 12.1. The van der Waals surface area contributed by atoms with Gasteiger partial charge in [-0.2, -0.15) is 0 Å². The van der Waals surface area contributed by atoms with Crippen molar-refractivity contribution in [1.82, 2.24) is 5.32 Å². The lowest BCUT2D eigenvalue weighted by Gasteiger charge is -2.12. The van der Waals surface area contributed by atoms with Crippen molar-refractivity contribution in [3.8, 4) is 0 Å². The van der Waals surface area contributed by atoms with E-state index in [1.165, 1.54) is 0 Å². The summed E-state index contributed by atoms with van der Waals surface area (Å²) in [6.07, 6.45) is 1.68. The molecule has 2 N–H and O–H groups in total. The zero-order chi connectivity index (χ0) is 15.0. The Morgan fingerprint density at radius 3 is 2.35 bits per heavy atom. The first-order chi connectivity index (χ1) is 9.49. The van der Waals surface area contributed by atoms with Gasteiger partial charge >= 0.3 is 5.97 Å². The molecule has 0 unspecified atom stereocenters. The average Bonchev–Trinajstić information content (AvgIpc) is 2.41. The molecular weight excluding hydrogens is 256 g/mol. The molecule has 1 aromatic rings. The van der Waals surface area contributed by atoms with Crippen LogP contribution in [-0.2, 0) is 16.0 Å². The van der Waals surface area contributed by atoms with Gasteiger partial charge in [0.1, 0.15) is 0 Å². The lowest BCUT2D eigenvalue weighted by atomic mass is 10.1. The maximum Gasteiger partial charge on any atom is 0.303 e. The molecular formula is C15H22N2O3. The van der Waals surface area contributed by atoms with E-state index in [1.54, 1.807) is 0 Å². The minimum absolute atomic E-state index is 0.0351. The molecule has 0 spiro atoms. The molecule has 1 amide bonds. The van der Waals surface area contributed by atoms with E-state index in [4.69, 9.17) is 5.11 Å². The smallest absolute Gasteiger partial charge is 0.303 e. The molecule has 0 aliphatic rings. The Kier molecular flexibility index (Phi) is 6.56. The highest BCUT2D eigenvalue weighted by atomic mass is 16.4. The second kappa shape index (κ2) is 8.19. The fraction of sp³-hybridized carbons (Fsp3) is 0.467. The second-order valence-corrected chi connectivity index (χ2v) is 4.91. The van der Waals surface area contributed by atoms with Crippen molar-refractivity contribution >= 4 is 17.6 Å². The van der Waals surface area contributed by atoms with E-state index in [2.05, 4.69) is 5.32 Å². The number of rotatable bonds is 8. The van der Waals surface area contributed by atoms with Gasteiger partial charge in [0.25, 0.3) is 0 Å². The summed E-state index contributed by atoms with van der Waals surface area (Å²) in [4.78, 5) is 23.9. The molecule has 0 aromatic heterocycles. The van der Waals surface area contributed by atoms with Crippen molar-refractivity contribution < 1.29 is 14.7 Å². The van der Waals surface area contributed by atoms with Gasteiger partial charge in [-0.3, -0.25) is 9.59 Å². The lowest BCUT2D eigenvalue weighted by molar-refractivity contribution is -0.137. The van der Waals surface area contributed by atoms with Crippen molar-refractivity contribution in [2.75, 3.05) is 25.5 Å². The molecule has 0 aliphatic heterocycles. The van der Waals surface area contributed by atoms with Crippen LogP contribution in [0.1, 0.15) is 24.8 Å². The number of hydrogen-bond acceptors (Lipinski definition) is 3. The third kappa shape index (κ3) is 6.22. The number of hydrogen-bond donors (Lipinski definition) is 2. The minimum atomic E-state index is -0.833. The van der Waals surface area contributed by atoms with Crippen LogP contribution in [0.5, 0.6) is 0 Å². The Morgan fingerprint density at radius 1 is 1.15 bits per heavy atom. The molecule has 0 saturated heterocycles. The molecule has 110 valence electrons. The fourth-order valence-corrected chi connectivity index (χ4v) is 1.77. The number of carboxylic acid groups (broad SMARTS) is 1. The monoisotopic (exact) mass is 278 g/mol. The van der Waals surface area contributed by atoms with Crippen molar-refractivity contribution in [3.63, 3.8) is 0 Å². The molecule has 5 heteroatoms. The Morgan fingerprint density at radius 2 is 1.80 bits per heavy atom. The van der Waals surface area contributed by atoms with Crippen LogP contribution in [0.2, 0.25) is 0 Å². The van der Waals surface area contributed by atoms with Crippen LogP contribution in [-0.4, -0.2) is 37.6 Å². The molecule has 0 radical (unpaired) electrons. The predicted octanol–water partition coefficient (Wildman–Crippen LogP) is 1.67. The number of carbonyl (C=O) groups excluding carboxylic acids is 1. The van der Waals surface area contributed by atoms with Crippen LogP contribution in [0.4, 0.5) is 5.69 Å². The van der Waals surface area contributed by atoms with Crippen LogP contribution in [0, 0.1) is 0 Å². The molecule has 20 heavy (non-hydrogen) atoms. The maximum absolute atomic E-state index is 11.6. The van der Waals surface area contributed by atoms with E-state index in [1.807, 2.05) is 43.3 Å². The van der Waals surface area contributed by atoms with E-state index in [9.17, 15) is 9.59 Å². The van der Waals surface area contributed by atoms with Gasteiger partial charge in [0.2, 0.25) is 5.91 Å². The number of nitrogens with one attached hydrogen (secondary N) is 1. The summed E-state index contributed by atoms with van der Waals surface area (Å²) >= 11 is 0. The number of carboxylic acids is 1. The summed E-state index contributed by atoms with van der Waals surface area (Å²) < 4.78 is 0. The molecule has 1 aromatic carbocycles. The van der Waals surface area contributed by atoms with Crippen molar-refractivity contribution in [2.45, 2.75) is 25.7 Å². The van der Waals surface area contributed by atoms with Gasteiger partial charge in [0, 0.05) is 39.2 Å². The topological polar surface area (TPSA) is 69.6 Å². The maximum atomic E-state index is 11.6. The number of aliphatic carboxylic acids is 1. The number of nitrogens with zero attached hydrogens (tertiary/aromatic N) is 1. The van der Waals surface area contributed by atoms with E-state index in [0.29, 0.717) is 25.8 Å². The highest BCUT2D eigenvalue weighted by Crippen LogP contribution is 2.13. The Labute approximate surface area is 119 Å². The SMILES string of the molecule is CN(C)c1ccc(CCC(=O)NCCCC(=O)O)cc1. The van der Waals surface area contributed by atoms with E-state index in [0.717, 1.165) is 11.3 Å². The van der Waals surface area contributed by atoms with Gasteiger partial charge in [-0.15, -0.1) is 0 Å². The molecule has 5 nitrogen and oxygen atoms in total.